The van der Waals surface area contributed by atoms with Crippen LogP contribution in [-0.2, 0) is 10.1 Å². The third kappa shape index (κ3) is 23.3. The van der Waals surface area contributed by atoms with E-state index in [0.29, 0.717) is 0 Å². The van der Waals surface area contributed by atoms with Gasteiger partial charge in [0.1, 0.15) is 5.78 Å². The number of halogens is 1. The van der Waals surface area contributed by atoms with Gasteiger partial charge in [-0.15, -0.1) is 0 Å². The molecule has 0 heterocycles. The van der Waals surface area contributed by atoms with Gasteiger partial charge < -0.3 is 4.79 Å². The van der Waals surface area contributed by atoms with Crippen molar-refractivity contribution in [1.82, 2.24) is 0 Å². The van der Waals surface area contributed by atoms with Crippen LogP contribution < -0.4 is 0 Å². The monoisotopic (exact) mass is 288 g/mol. The van der Waals surface area contributed by atoms with Crippen LogP contribution in [0, 0.1) is 0 Å². The molecule has 0 N–H and O–H groups in total. The van der Waals surface area contributed by atoms with Crippen LogP contribution in [0.5, 0.6) is 0 Å². The van der Waals surface area contributed by atoms with Gasteiger partial charge in [-0.1, -0.05) is 74.0 Å². The van der Waals surface area contributed by atoms with E-state index in [2.05, 4.69) is 28.1 Å². The fourth-order valence-electron chi connectivity index (χ4n) is 0.567. The summed E-state index contributed by atoms with van der Waals surface area (Å²) >= 11 is 3.36. The molecule has 0 unspecified atom stereocenters. The third-order valence-corrected chi connectivity index (χ3v) is 1.64. The van der Waals surface area contributed by atoms with Crippen LogP contribution in [0.2, 0.25) is 0 Å². The van der Waals surface area contributed by atoms with Gasteiger partial charge in [-0.2, -0.15) is 0 Å². The molecule has 1 aromatic carbocycles. The maximum atomic E-state index is 9.44. The molecule has 1 nitrogen and oxygen atoms in total. The molecule has 1 rings (SSSR count). The second kappa shape index (κ2) is 19.9. The molecule has 0 aromatic heterocycles. The van der Waals surface area contributed by atoms with Crippen molar-refractivity contribution in [1.29, 1.82) is 0 Å². The second-order valence-corrected chi connectivity index (χ2v) is 3.09. The number of Topliss-reactive ketones (excluding diaryl/α,β-unsaturated/α-hetero) is 1. The van der Waals surface area contributed by atoms with Gasteiger partial charge in [0, 0.05) is 5.33 Å². The van der Waals surface area contributed by atoms with Gasteiger partial charge in [0.05, 0.1) is 0 Å². The molecule has 0 saturated carbocycles. The van der Waals surface area contributed by atoms with Gasteiger partial charge in [0.2, 0.25) is 0 Å². The smallest absolute Gasteiger partial charge is 0.126 e. The summed E-state index contributed by atoms with van der Waals surface area (Å²) in [5, 5.41) is 0.952. The highest BCUT2D eigenvalue weighted by molar-refractivity contribution is 9.08. The Morgan fingerprint density at radius 1 is 1.00 bits per heavy atom. The molecule has 0 amide bonds. The van der Waals surface area contributed by atoms with Crippen molar-refractivity contribution < 1.29 is 4.79 Å². The van der Waals surface area contributed by atoms with Gasteiger partial charge in [-0.25, -0.2) is 0 Å². The molecule has 0 bridgehead atoms. The maximum absolute atomic E-state index is 9.44. The molecule has 94 valence electrons. The van der Waals surface area contributed by atoms with E-state index in [1.165, 1.54) is 19.4 Å². The zero-order valence-corrected chi connectivity index (χ0v) is 13.0. The predicted molar refractivity (Wildman–Crippen MR) is 78.1 cm³/mol. The highest BCUT2D eigenvalue weighted by atomic mass is 79.9. The van der Waals surface area contributed by atoms with Crippen molar-refractivity contribution in [3.63, 3.8) is 0 Å². The lowest BCUT2D eigenvalue weighted by molar-refractivity contribution is -0.114. The number of benzene rings is 1. The summed E-state index contributed by atoms with van der Waals surface area (Å²) in [4.78, 5) is 9.44. The van der Waals surface area contributed by atoms with E-state index < -0.39 is 0 Å². The molecule has 1 aromatic rings. The zero-order valence-electron chi connectivity index (χ0n) is 11.4. The van der Waals surface area contributed by atoms with Crippen LogP contribution in [0.1, 0.15) is 47.1 Å². The van der Waals surface area contributed by atoms with Crippen molar-refractivity contribution in [3.05, 3.63) is 35.9 Å². The molecule has 0 aliphatic carbocycles. The van der Waals surface area contributed by atoms with Crippen molar-refractivity contribution in [2.45, 2.75) is 46.9 Å². The number of hydrogen-bond acceptors (Lipinski definition) is 1. The standard InChI is InChI=1S/C7H7Br.C3H6O.2C2H6/c8-6-7-4-2-1-3-5-7;1-3(2)4;2*1-2/h1-5H,6H2;1-2H3;2*1-2H3. The summed E-state index contributed by atoms with van der Waals surface area (Å²) in [7, 11) is 0. The quantitative estimate of drug-likeness (QED) is 0.647. The van der Waals surface area contributed by atoms with Crippen molar-refractivity contribution >= 4 is 21.7 Å². The summed E-state index contributed by atoms with van der Waals surface area (Å²) in [5.41, 5.74) is 1.33. The van der Waals surface area contributed by atoms with Crippen molar-refractivity contribution in [3.8, 4) is 0 Å². The molecule has 16 heavy (non-hydrogen) atoms. The number of rotatable bonds is 1. The average Bonchev–Trinajstić information content (AvgIpc) is 2.34. The van der Waals surface area contributed by atoms with E-state index in [4.69, 9.17) is 0 Å². The lowest BCUT2D eigenvalue weighted by Crippen LogP contribution is -1.70. The number of alkyl halides is 1. The normalized spacial score (nSPS) is 6.94. The van der Waals surface area contributed by atoms with Crippen molar-refractivity contribution in [2.75, 3.05) is 0 Å². The Kier molecular flexibility index (Phi) is 25.8. The van der Waals surface area contributed by atoms with Crippen LogP contribution >= 0.6 is 15.9 Å². The lowest BCUT2D eigenvalue weighted by atomic mass is 10.2. The minimum absolute atomic E-state index is 0.167. The second-order valence-electron chi connectivity index (χ2n) is 2.53. The van der Waals surface area contributed by atoms with E-state index in [1.807, 2.05) is 45.9 Å². The molecule has 0 atom stereocenters. The fourth-order valence-corrected chi connectivity index (χ4v) is 0.941. The Morgan fingerprint density at radius 3 is 1.50 bits per heavy atom. The minimum atomic E-state index is 0.167. The first-order valence-corrected chi connectivity index (χ1v) is 6.86. The average molecular weight is 289 g/mol. The lowest BCUT2D eigenvalue weighted by Gasteiger charge is -1.88. The molecule has 2 heteroatoms. The van der Waals surface area contributed by atoms with Crippen molar-refractivity contribution in [2.24, 2.45) is 0 Å². The molecule has 0 aliphatic rings. The van der Waals surface area contributed by atoms with Gasteiger partial charge in [-0.05, 0) is 19.4 Å². The number of hydrogen-bond donors (Lipinski definition) is 0. The third-order valence-electron chi connectivity index (χ3n) is 0.997. The first-order valence-electron chi connectivity index (χ1n) is 5.74. The summed E-state index contributed by atoms with van der Waals surface area (Å²) in [6.07, 6.45) is 0. The van der Waals surface area contributed by atoms with Crippen LogP contribution in [0.3, 0.4) is 0 Å². The Morgan fingerprint density at radius 2 is 1.31 bits per heavy atom. The zero-order chi connectivity index (χ0) is 13.4. The van der Waals surface area contributed by atoms with Gasteiger partial charge in [0.25, 0.3) is 0 Å². The first kappa shape index (κ1) is 20.7. The Balaban J connectivity index is -0.000000181. The minimum Gasteiger partial charge on any atom is -0.300 e. The van der Waals surface area contributed by atoms with Crippen LogP contribution in [0.4, 0.5) is 0 Å². The van der Waals surface area contributed by atoms with E-state index in [0.717, 1.165) is 5.33 Å². The number of carbonyl (C=O) groups is 1. The maximum Gasteiger partial charge on any atom is 0.126 e. The van der Waals surface area contributed by atoms with Crippen LogP contribution in [0.15, 0.2) is 30.3 Å². The molecule has 0 spiro atoms. The van der Waals surface area contributed by atoms with E-state index in [1.54, 1.807) is 0 Å². The summed E-state index contributed by atoms with van der Waals surface area (Å²) < 4.78 is 0. The molecule has 0 fully saturated rings. The summed E-state index contributed by atoms with van der Waals surface area (Å²) in [5.74, 6) is 0.167. The molecular weight excluding hydrogens is 264 g/mol. The highest BCUT2D eigenvalue weighted by Gasteiger charge is 1.81. The fraction of sp³-hybridized carbons (Fsp3) is 0.500. The number of carbonyl (C=O) groups excluding carboxylic acids is 1. The van der Waals surface area contributed by atoms with Gasteiger partial charge in [0.15, 0.2) is 0 Å². The SMILES string of the molecule is BrCc1ccccc1.CC.CC.CC(C)=O. The molecule has 0 radical (unpaired) electrons. The summed E-state index contributed by atoms with van der Waals surface area (Å²) in [6.45, 7) is 11.1. The Bertz CT molecular complexity index is 215. The van der Waals surface area contributed by atoms with Gasteiger partial charge in [-0.3, -0.25) is 0 Å². The largest absolute Gasteiger partial charge is 0.300 e. The first-order chi connectivity index (χ1) is 7.66. The van der Waals surface area contributed by atoms with E-state index in [9.17, 15) is 4.79 Å². The Hall–Kier alpha value is -0.630. The van der Waals surface area contributed by atoms with Gasteiger partial charge >= 0.3 is 0 Å². The topological polar surface area (TPSA) is 17.1 Å². The number of ketones is 1. The van der Waals surface area contributed by atoms with Crippen LogP contribution in [-0.4, -0.2) is 5.78 Å². The molecule has 0 aliphatic heterocycles. The highest BCUT2D eigenvalue weighted by Crippen LogP contribution is 2.02. The summed E-state index contributed by atoms with van der Waals surface area (Å²) in [6, 6.07) is 10.3. The molecular formula is C14H25BrO. The molecule has 0 saturated heterocycles. The predicted octanol–water partition coefficient (Wildman–Crippen LogP) is 5.23. The van der Waals surface area contributed by atoms with E-state index in [-0.39, 0.29) is 5.78 Å². The van der Waals surface area contributed by atoms with E-state index >= 15 is 0 Å². The van der Waals surface area contributed by atoms with Crippen LogP contribution in [0.25, 0.3) is 0 Å². The Labute approximate surface area is 109 Å².